The molecule has 0 aliphatic rings. The van der Waals surface area contributed by atoms with E-state index in [2.05, 4.69) is 26.0 Å². The lowest BCUT2D eigenvalue weighted by Gasteiger charge is -2.25. The predicted molar refractivity (Wildman–Crippen MR) is 111 cm³/mol. The molecular weight excluding hydrogens is 392 g/mol. The van der Waals surface area contributed by atoms with Crippen molar-refractivity contribution in [3.63, 3.8) is 0 Å². The Labute approximate surface area is 172 Å². The van der Waals surface area contributed by atoms with Gasteiger partial charge in [0.1, 0.15) is 5.75 Å². The average molecular weight is 421 g/mol. The van der Waals surface area contributed by atoms with Crippen LogP contribution in [0.1, 0.15) is 31.9 Å². The lowest BCUT2D eigenvalue weighted by molar-refractivity contribution is -0.151. The summed E-state index contributed by atoms with van der Waals surface area (Å²) in [6, 6.07) is 17.3. The Morgan fingerprint density at radius 3 is 2.21 bits per heavy atom. The maximum atomic E-state index is 12.0. The number of benzene rings is 2. The SMILES string of the molecule is CCOC(=O)C(Cc1ccc(OCC(C)(C)c2ccccc2)cc1)OS(C)(=O)=O. The molecule has 0 amide bonds. The Morgan fingerprint density at radius 1 is 1.03 bits per heavy atom. The summed E-state index contributed by atoms with van der Waals surface area (Å²) in [4.78, 5) is 12.0. The van der Waals surface area contributed by atoms with Crippen LogP contribution in [-0.4, -0.2) is 40.0 Å². The topological polar surface area (TPSA) is 78.9 Å². The molecule has 7 heteroatoms. The highest BCUT2D eigenvalue weighted by atomic mass is 32.2. The molecule has 0 aromatic heterocycles. The third-order valence-electron chi connectivity index (χ3n) is 4.34. The van der Waals surface area contributed by atoms with Crippen LogP contribution < -0.4 is 4.74 Å². The van der Waals surface area contributed by atoms with Gasteiger partial charge in [0.25, 0.3) is 10.1 Å². The van der Waals surface area contributed by atoms with Crippen molar-refractivity contribution < 1.29 is 26.9 Å². The van der Waals surface area contributed by atoms with E-state index in [0.717, 1.165) is 11.8 Å². The molecule has 0 bridgehead atoms. The molecule has 0 fully saturated rings. The number of ether oxygens (including phenoxy) is 2. The van der Waals surface area contributed by atoms with Crippen molar-refractivity contribution in [2.24, 2.45) is 0 Å². The average Bonchev–Trinajstić information content (AvgIpc) is 2.67. The van der Waals surface area contributed by atoms with E-state index in [1.165, 1.54) is 5.56 Å². The minimum Gasteiger partial charge on any atom is -0.493 e. The summed E-state index contributed by atoms with van der Waals surface area (Å²) in [7, 11) is -3.79. The Morgan fingerprint density at radius 2 is 1.66 bits per heavy atom. The van der Waals surface area contributed by atoms with E-state index in [1.807, 2.05) is 18.2 Å². The lowest BCUT2D eigenvalue weighted by atomic mass is 9.86. The van der Waals surface area contributed by atoms with Gasteiger partial charge in [-0.05, 0) is 30.2 Å². The summed E-state index contributed by atoms with van der Waals surface area (Å²) < 4.78 is 38.6. The normalized spacial score (nSPS) is 13.0. The van der Waals surface area contributed by atoms with Crippen molar-refractivity contribution in [2.75, 3.05) is 19.5 Å². The zero-order valence-electron chi connectivity index (χ0n) is 17.3. The number of hydrogen-bond acceptors (Lipinski definition) is 6. The first-order valence-corrected chi connectivity index (χ1v) is 11.2. The molecule has 0 saturated carbocycles. The first-order valence-electron chi connectivity index (χ1n) is 9.43. The van der Waals surface area contributed by atoms with Gasteiger partial charge < -0.3 is 9.47 Å². The quantitative estimate of drug-likeness (QED) is 0.432. The third kappa shape index (κ3) is 7.51. The van der Waals surface area contributed by atoms with Crippen molar-refractivity contribution in [3.05, 3.63) is 65.7 Å². The van der Waals surface area contributed by atoms with Gasteiger partial charge in [-0.1, -0.05) is 56.3 Å². The fraction of sp³-hybridized carbons (Fsp3) is 0.409. The van der Waals surface area contributed by atoms with Gasteiger partial charge >= 0.3 is 5.97 Å². The van der Waals surface area contributed by atoms with E-state index in [4.69, 9.17) is 13.7 Å². The van der Waals surface area contributed by atoms with E-state index >= 15 is 0 Å². The van der Waals surface area contributed by atoms with Gasteiger partial charge in [0, 0.05) is 11.8 Å². The molecule has 0 heterocycles. The van der Waals surface area contributed by atoms with E-state index in [-0.39, 0.29) is 18.4 Å². The molecule has 2 rings (SSSR count). The molecule has 2 aromatic rings. The molecule has 0 aliphatic heterocycles. The smallest absolute Gasteiger partial charge is 0.337 e. The monoisotopic (exact) mass is 420 g/mol. The van der Waals surface area contributed by atoms with Crippen molar-refractivity contribution in [2.45, 2.75) is 38.7 Å². The third-order valence-corrected chi connectivity index (χ3v) is 4.92. The highest BCUT2D eigenvalue weighted by Crippen LogP contribution is 2.25. The molecule has 0 aliphatic carbocycles. The zero-order valence-corrected chi connectivity index (χ0v) is 18.1. The zero-order chi connectivity index (χ0) is 21.5. The minimum absolute atomic E-state index is 0.0850. The standard InChI is InChI=1S/C22H28O6S/c1-5-26-21(23)20(28-29(4,24)25)15-17-11-13-19(14-12-17)27-16-22(2,3)18-9-7-6-8-10-18/h6-14,20H,5,15-16H2,1-4H3. The lowest BCUT2D eigenvalue weighted by Crippen LogP contribution is -2.31. The molecule has 0 spiro atoms. The van der Waals surface area contributed by atoms with Crippen LogP contribution in [0.25, 0.3) is 0 Å². The minimum atomic E-state index is -3.79. The molecule has 1 unspecified atom stereocenters. The largest absolute Gasteiger partial charge is 0.493 e. The van der Waals surface area contributed by atoms with Crippen LogP contribution in [0.3, 0.4) is 0 Å². The molecule has 0 N–H and O–H groups in total. The van der Waals surface area contributed by atoms with E-state index in [1.54, 1.807) is 31.2 Å². The predicted octanol–water partition coefficient (Wildman–Crippen LogP) is 3.49. The summed E-state index contributed by atoms with van der Waals surface area (Å²) in [6.45, 7) is 6.52. The number of carbonyl (C=O) groups is 1. The Kier molecular flexibility index (Phi) is 7.81. The van der Waals surface area contributed by atoms with Gasteiger partial charge in [-0.3, -0.25) is 4.18 Å². The van der Waals surface area contributed by atoms with Gasteiger partial charge in [0.15, 0.2) is 6.10 Å². The summed E-state index contributed by atoms with van der Waals surface area (Å²) in [5.74, 6) is -0.0164. The Bertz CT molecular complexity index is 889. The van der Waals surface area contributed by atoms with Crippen LogP contribution in [0.15, 0.2) is 54.6 Å². The fourth-order valence-electron chi connectivity index (χ4n) is 2.78. The van der Waals surface area contributed by atoms with Crippen LogP contribution in [-0.2, 0) is 35.7 Å². The number of hydrogen-bond donors (Lipinski definition) is 0. The first-order chi connectivity index (χ1) is 13.6. The van der Waals surface area contributed by atoms with Gasteiger partial charge in [-0.15, -0.1) is 0 Å². The fourth-order valence-corrected chi connectivity index (χ4v) is 3.34. The van der Waals surface area contributed by atoms with Crippen LogP contribution in [0, 0.1) is 0 Å². The molecule has 2 aromatic carbocycles. The van der Waals surface area contributed by atoms with Crippen molar-refractivity contribution in [1.82, 2.24) is 0 Å². The summed E-state index contributed by atoms with van der Waals surface area (Å²) >= 11 is 0. The summed E-state index contributed by atoms with van der Waals surface area (Å²) in [6.07, 6.45) is -0.222. The second kappa shape index (κ2) is 9.89. The Balaban J connectivity index is 2.02. The number of esters is 1. The Hall–Kier alpha value is -2.38. The second-order valence-electron chi connectivity index (χ2n) is 7.43. The van der Waals surface area contributed by atoms with Crippen LogP contribution in [0.2, 0.25) is 0 Å². The van der Waals surface area contributed by atoms with Crippen molar-refractivity contribution in [3.8, 4) is 5.75 Å². The molecular formula is C22H28O6S. The molecule has 158 valence electrons. The molecule has 29 heavy (non-hydrogen) atoms. The van der Waals surface area contributed by atoms with E-state index in [9.17, 15) is 13.2 Å². The van der Waals surface area contributed by atoms with Crippen molar-refractivity contribution in [1.29, 1.82) is 0 Å². The molecule has 1 atom stereocenters. The van der Waals surface area contributed by atoms with Crippen molar-refractivity contribution >= 4 is 16.1 Å². The summed E-state index contributed by atoms with van der Waals surface area (Å²) in [5.41, 5.74) is 1.77. The highest BCUT2D eigenvalue weighted by molar-refractivity contribution is 7.86. The maximum absolute atomic E-state index is 12.0. The van der Waals surface area contributed by atoms with Gasteiger partial charge in [-0.2, -0.15) is 8.42 Å². The van der Waals surface area contributed by atoms with Crippen LogP contribution in [0.4, 0.5) is 0 Å². The van der Waals surface area contributed by atoms with Gasteiger partial charge in [-0.25, -0.2) is 4.79 Å². The number of rotatable bonds is 10. The molecule has 0 saturated heterocycles. The van der Waals surface area contributed by atoms with Crippen LogP contribution >= 0.6 is 0 Å². The van der Waals surface area contributed by atoms with Gasteiger partial charge in [0.05, 0.1) is 19.5 Å². The maximum Gasteiger partial charge on any atom is 0.337 e. The second-order valence-corrected chi connectivity index (χ2v) is 9.03. The van der Waals surface area contributed by atoms with E-state index < -0.39 is 22.2 Å². The first kappa shape index (κ1) is 22.9. The number of carbonyl (C=O) groups excluding carboxylic acids is 1. The molecule has 0 radical (unpaired) electrons. The molecule has 6 nitrogen and oxygen atoms in total. The highest BCUT2D eigenvalue weighted by Gasteiger charge is 2.26. The summed E-state index contributed by atoms with van der Waals surface area (Å²) in [5, 5.41) is 0. The van der Waals surface area contributed by atoms with E-state index in [0.29, 0.717) is 12.4 Å². The van der Waals surface area contributed by atoms with Gasteiger partial charge in [0.2, 0.25) is 0 Å². The van der Waals surface area contributed by atoms with Crippen LogP contribution in [0.5, 0.6) is 5.75 Å².